The Morgan fingerprint density at radius 2 is 1.82 bits per heavy atom. The molecule has 142 valence electrons. The second kappa shape index (κ2) is 7.16. The van der Waals surface area contributed by atoms with Crippen LogP contribution < -0.4 is 11.5 Å². The van der Waals surface area contributed by atoms with Crippen molar-refractivity contribution >= 4 is 22.7 Å². The van der Waals surface area contributed by atoms with Crippen LogP contribution in [0.25, 0.3) is 22.4 Å². The van der Waals surface area contributed by atoms with Crippen LogP contribution in [0.3, 0.4) is 0 Å². The first-order valence-corrected chi connectivity index (χ1v) is 9.86. The largest absolute Gasteiger partial charge is 0.422 e. The van der Waals surface area contributed by atoms with Gasteiger partial charge in [0, 0.05) is 22.8 Å². The molecule has 4 rings (SSSR count). The molecule has 2 N–H and O–H groups in total. The van der Waals surface area contributed by atoms with Gasteiger partial charge in [0.2, 0.25) is 5.16 Å². The average Bonchev–Trinajstić information content (AvgIpc) is 3.04. The van der Waals surface area contributed by atoms with Gasteiger partial charge in [0.05, 0.1) is 0 Å². The lowest BCUT2D eigenvalue weighted by Gasteiger charge is -2.09. The Labute approximate surface area is 166 Å². The van der Waals surface area contributed by atoms with Crippen LogP contribution in [0.5, 0.6) is 0 Å². The van der Waals surface area contributed by atoms with E-state index in [0.29, 0.717) is 22.3 Å². The van der Waals surface area contributed by atoms with Crippen LogP contribution in [0.2, 0.25) is 0 Å². The number of nitrogens with two attached hydrogens (primary N) is 1. The molecule has 0 radical (unpaired) electrons. The fraction of sp³-hybridized carbons (Fsp3) is 0.190. The lowest BCUT2D eigenvalue weighted by molar-refractivity contribution is 0.557. The highest BCUT2D eigenvalue weighted by Crippen LogP contribution is 2.29. The molecule has 0 amide bonds. The standard InChI is InChI=1S/C21H20N4O2S/c1-12-4-7-15(8-5-12)20-23-24-21(25(20)22)28-11-16-10-18(26)27-19-14(3)13(2)6-9-17(16)19/h4-10H,11,22H2,1-3H3. The van der Waals surface area contributed by atoms with Crippen LogP contribution >= 0.6 is 11.8 Å². The van der Waals surface area contributed by atoms with E-state index in [1.807, 2.05) is 57.2 Å². The minimum atomic E-state index is -0.355. The number of nitrogens with zero attached hydrogens (tertiary/aromatic N) is 3. The second-order valence-electron chi connectivity index (χ2n) is 6.81. The maximum Gasteiger partial charge on any atom is 0.336 e. The second-order valence-corrected chi connectivity index (χ2v) is 7.75. The highest BCUT2D eigenvalue weighted by Gasteiger charge is 2.14. The molecule has 0 atom stereocenters. The highest BCUT2D eigenvalue weighted by molar-refractivity contribution is 7.98. The van der Waals surface area contributed by atoms with Gasteiger partial charge < -0.3 is 10.3 Å². The maximum atomic E-state index is 12.0. The van der Waals surface area contributed by atoms with Crippen molar-refractivity contribution in [2.45, 2.75) is 31.7 Å². The highest BCUT2D eigenvalue weighted by atomic mass is 32.2. The van der Waals surface area contributed by atoms with Crippen molar-refractivity contribution in [3.8, 4) is 11.4 Å². The molecule has 2 aromatic carbocycles. The molecule has 0 saturated carbocycles. The Hall–Kier alpha value is -3.06. The predicted molar refractivity (Wildman–Crippen MR) is 112 cm³/mol. The summed E-state index contributed by atoms with van der Waals surface area (Å²) >= 11 is 1.44. The average molecular weight is 392 g/mol. The number of hydrogen-bond acceptors (Lipinski definition) is 6. The molecule has 6 nitrogen and oxygen atoms in total. The number of nitrogen functional groups attached to an aromatic ring is 1. The maximum absolute atomic E-state index is 12.0. The number of aryl methyl sites for hydroxylation is 3. The van der Waals surface area contributed by atoms with Gasteiger partial charge in [0.15, 0.2) is 5.82 Å². The van der Waals surface area contributed by atoms with Gasteiger partial charge in [0.1, 0.15) is 5.58 Å². The quantitative estimate of drug-likeness (QED) is 0.321. The van der Waals surface area contributed by atoms with Gasteiger partial charge in [-0.2, -0.15) is 0 Å². The van der Waals surface area contributed by atoms with Gasteiger partial charge in [0.25, 0.3) is 0 Å². The van der Waals surface area contributed by atoms with E-state index < -0.39 is 0 Å². The molecule has 2 aromatic heterocycles. The molecule has 0 fully saturated rings. The number of fused-ring (bicyclic) bond motifs is 1. The monoisotopic (exact) mass is 392 g/mol. The first kappa shape index (κ1) is 18.3. The fourth-order valence-corrected chi connectivity index (χ4v) is 3.91. The van der Waals surface area contributed by atoms with E-state index in [1.54, 1.807) is 0 Å². The molecule has 0 bridgehead atoms. The molecule has 28 heavy (non-hydrogen) atoms. The number of rotatable bonds is 4. The van der Waals surface area contributed by atoms with Crippen LogP contribution in [0, 0.1) is 20.8 Å². The Kier molecular flexibility index (Phi) is 4.68. The van der Waals surface area contributed by atoms with Crippen LogP contribution in [0.4, 0.5) is 0 Å². The van der Waals surface area contributed by atoms with E-state index >= 15 is 0 Å². The number of hydrogen-bond donors (Lipinski definition) is 1. The van der Waals surface area contributed by atoms with Crippen LogP contribution in [0.1, 0.15) is 22.3 Å². The summed E-state index contributed by atoms with van der Waals surface area (Å²) in [7, 11) is 0. The minimum absolute atomic E-state index is 0.355. The van der Waals surface area contributed by atoms with Crippen molar-refractivity contribution in [2.75, 3.05) is 5.84 Å². The first-order valence-electron chi connectivity index (χ1n) is 8.87. The third-order valence-electron chi connectivity index (χ3n) is 4.85. The lowest BCUT2D eigenvalue weighted by Crippen LogP contribution is -2.11. The van der Waals surface area contributed by atoms with Gasteiger partial charge in [-0.1, -0.05) is 53.7 Å². The van der Waals surface area contributed by atoms with E-state index in [0.717, 1.165) is 27.6 Å². The molecule has 7 heteroatoms. The van der Waals surface area contributed by atoms with E-state index in [-0.39, 0.29) is 5.63 Å². The molecular weight excluding hydrogens is 372 g/mol. The molecular formula is C21H20N4O2S. The third kappa shape index (κ3) is 3.29. The van der Waals surface area contributed by atoms with Crippen molar-refractivity contribution in [1.29, 1.82) is 0 Å². The third-order valence-corrected chi connectivity index (χ3v) is 5.84. The summed E-state index contributed by atoms with van der Waals surface area (Å²) in [5.74, 6) is 7.35. The van der Waals surface area contributed by atoms with Gasteiger partial charge in [-0.3, -0.25) is 0 Å². The smallest absolute Gasteiger partial charge is 0.336 e. The SMILES string of the molecule is Cc1ccc(-c2nnc(SCc3cc(=O)oc4c(C)c(C)ccc34)n2N)cc1. The van der Waals surface area contributed by atoms with Gasteiger partial charge >= 0.3 is 5.63 Å². The van der Waals surface area contributed by atoms with Crippen molar-refractivity contribution < 1.29 is 4.42 Å². The molecule has 0 aliphatic heterocycles. The number of aromatic nitrogens is 3. The first-order chi connectivity index (χ1) is 13.4. The molecule has 0 aliphatic carbocycles. The molecule has 4 aromatic rings. The zero-order chi connectivity index (χ0) is 19.8. The summed E-state index contributed by atoms with van der Waals surface area (Å²) in [6.45, 7) is 5.99. The molecule has 2 heterocycles. The molecule has 0 aliphatic rings. The minimum Gasteiger partial charge on any atom is -0.422 e. The fourth-order valence-electron chi connectivity index (χ4n) is 3.06. The summed E-state index contributed by atoms with van der Waals surface area (Å²) in [4.78, 5) is 12.0. The van der Waals surface area contributed by atoms with Crippen LogP contribution in [-0.4, -0.2) is 14.9 Å². The van der Waals surface area contributed by atoms with Gasteiger partial charge in [-0.25, -0.2) is 9.47 Å². The number of benzene rings is 2. The van der Waals surface area contributed by atoms with E-state index in [9.17, 15) is 4.79 Å². The summed E-state index contributed by atoms with van der Waals surface area (Å²) in [6, 6.07) is 13.5. The van der Waals surface area contributed by atoms with Crippen LogP contribution in [0.15, 0.2) is 56.8 Å². The van der Waals surface area contributed by atoms with E-state index in [1.165, 1.54) is 28.1 Å². The zero-order valence-electron chi connectivity index (χ0n) is 15.9. The Morgan fingerprint density at radius 1 is 1.07 bits per heavy atom. The zero-order valence-corrected chi connectivity index (χ0v) is 16.7. The van der Waals surface area contributed by atoms with Crippen molar-refractivity contribution in [3.05, 3.63) is 75.1 Å². The topological polar surface area (TPSA) is 86.9 Å². The summed E-state index contributed by atoms with van der Waals surface area (Å²) in [5.41, 5.74) is 5.31. The molecule has 0 spiro atoms. The Morgan fingerprint density at radius 3 is 2.57 bits per heavy atom. The van der Waals surface area contributed by atoms with Crippen LogP contribution in [-0.2, 0) is 5.75 Å². The summed E-state index contributed by atoms with van der Waals surface area (Å²) < 4.78 is 6.92. The lowest BCUT2D eigenvalue weighted by atomic mass is 10.0. The summed E-state index contributed by atoms with van der Waals surface area (Å²) in [6.07, 6.45) is 0. The van der Waals surface area contributed by atoms with Gasteiger partial charge in [-0.05, 0) is 37.5 Å². The molecule has 0 saturated heterocycles. The van der Waals surface area contributed by atoms with Crippen molar-refractivity contribution in [3.63, 3.8) is 0 Å². The Balaban J connectivity index is 1.65. The predicted octanol–water partition coefficient (Wildman–Crippen LogP) is 3.98. The van der Waals surface area contributed by atoms with E-state index in [2.05, 4.69) is 10.2 Å². The summed E-state index contributed by atoms with van der Waals surface area (Å²) in [5, 5.41) is 9.95. The van der Waals surface area contributed by atoms with Crippen molar-refractivity contribution in [2.24, 2.45) is 0 Å². The van der Waals surface area contributed by atoms with E-state index in [4.69, 9.17) is 10.3 Å². The van der Waals surface area contributed by atoms with Crippen molar-refractivity contribution in [1.82, 2.24) is 14.9 Å². The molecule has 0 unspecified atom stereocenters. The normalized spacial score (nSPS) is 11.2. The Bertz CT molecular complexity index is 1230. The van der Waals surface area contributed by atoms with Gasteiger partial charge in [-0.15, -0.1) is 10.2 Å². The number of thioether (sulfide) groups is 1.